The maximum absolute atomic E-state index is 14.1. The normalized spacial score (nSPS) is 44.5. The number of alkyl halides is 2. The Morgan fingerprint density at radius 2 is 1.42 bits per heavy atom. The topological polar surface area (TPSA) is 388 Å². The van der Waals surface area contributed by atoms with E-state index in [1.54, 1.807) is 0 Å². The predicted molar refractivity (Wildman–Crippen MR) is 172 cm³/mol. The molecule has 3 saturated heterocycles. The van der Waals surface area contributed by atoms with Crippen LogP contribution >= 0.6 is 0 Å². The van der Waals surface area contributed by atoms with Crippen LogP contribution in [0.25, 0.3) is 0 Å². The van der Waals surface area contributed by atoms with E-state index in [0.717, 1.165) is 0 Å². The van der Waals surface area contributed by atoms with Gasteiger partial charge in [-0.3, -0.25) is 4.79 Å². The van der Waals surface area contributed by atoms with Crippen LogP contribution in [0.2, 0.25) is 0 Å². The summed E-state index contributed by atoms with van der Waals surface area (Å²) >= 11 is 0. The minimum absolute atomic E-state index is 0.0120. The largest absolute Gasteiger partial charge is 0.395 e. The Balaban J connectivity index is 1.57. The van der Waals surface area contributed by atoms with Crippen molar-refractivity contribution < 1.29 is 82.8 Å². The first-order valence-corrected chi connectivity index (χ1v) is 17.3. The lowest BCUT2D eigenvalue weighted by molar-refractivity contribution is -0.296. The van der Waals surface area contributed by atoms with Gasteiger partial charge in [0.05, 0.1) is 50.1 Å². The summed E-state index contributed by atoms with van der Waals surface area (Å²) in [6.45, 7) is -2.29. The number of hydrogen-bond donors (Lipinski definition) is 15. The molecule has 4 fully saturated rings. The number of nitrogens with one attached hydrogen (secondary N) is 2. The molecule has 0 unspecified atom stereocenters. The van der Waals surface area contributed by atoms with Gasteiger partial charge in [0.25, 0.3) is 11.8 Å². The van der Waals surface area contributed by atoms with Crippen molar-refractivity contribution in [2.75, 3.05) is 39.4 Å². The molecule has 19 atom stereocenters. The van der Waals surface area contributed by atoms with Crippen LogP contribution in [0.1, 0.15) is 12.8 Å². The molecule has 1 saturated carbocycles. The van der Waals surface area contributed by atoms with Crippen molar-refractivity contribution in [3.8, 4) is 0 Å². The highest BCUT2D eigenvalue weighted by atomic mass is 19.3. The molecule has 0 aromatic heterocycles. The van der Waals surface area contributed by atoms with Crippen molar-refractivity contribution in [3.63, 3.8) is 0 Å². The lowest BCUT2D eigenvalue weighted by Gasteiger charge is -2.47. The molecule has 4 rings (SSSR count). The van der Waals surface area contributed by atoms with E-state index in [9.17, 15) is 49.3 Å². The number of halogens is 2. The smallest absolute Gasteiger partial charge is 0.294 e. The summed E-state index contributed by atoms with van der Waals surface area (Å²) in [5.74, 6) is -5.61. The number of carbonyl (C=O) groups excluding carboxylic acids is 1. The molecule has 0 aromatic carbocycles. The van der Waals surface area contributed by atoms with Crippen molar-refractivity contribution in [3.05, 3.63) is 0 Å². The van der Waals surface area contributed by atoms with Gasteiger partial charge in [0, 0.05) is 25.7 Å². The maximum atomic E-state index is 14.1. The van der Waals surface area contributed by atoms with Crippen LogP contribution in [0.5, 0.6) is 0 Å². The van der Waals surface area contributed by atoms with Crippen LogP contribution < -0.4 is 39.3 Å². The third-order valence-electron chi connectivity index (χ3n) is 9.83. The van der Waals surface area contributed by atoms with E-state index in [1.807, 2.05) is 0 Å². The zero-order valence-corrected chi connectivity index (χ0v) is 28.7. The van der Waals surface area contributed by atoms with Gasteiger partial charge >= 0.3 is 0 Å². The zero-order valence-electron chi connectivity index (χ0n) is 28.7. The Labute approximate surface area is 302 Å². The maximum Gasteiger partial charge on any atom is 0.294 e. The van der Waals surface area contributed by atoms with E-state index in [1.165, 1.54) is 0 Å². The van der Waals surface area contributed by atoms with Gasteiger partial charge in [-0.2, -0.15) is 0 Å². The van der Waals surface area contributed by atoms with Crippen LogP contribution in [0, 0.1) is 0 Å². The van der Waals surface area contributed by atoms with E-state index in [-0.39, 0.29) is 39.1 Å². The minimum Gasteiger partial charge on any atom is -0.395 e. The SMILES string of the molecule is NC[C@@H]1O[C@H](O[C@H]2[C@@H](O)[C@H](O[C@@H]3[C@@H](O)[C@H](NC(=O)[C@@H](O)C(F)(F)CN)C[C@H](N)[C@H]3O[C@H]3O[C@H](CNCCO)[C@@H](O)C[C@H]3N)O[C@@H]2CO)[C@H](N)[C@@H](O)[C@@H]1O. The van der Waals surface area contributed by atoms with Gasteiger partial charge in [0.15, 0.2) is 25.0 Å². The number of hydrogen-bond acceptors (Lipinski definition) is 21. The second-order valence-electron chi connectivity index (χ2n) is 13.7. The van der Waals surface area contributed by atoms with Crippen LogP contribution in [-0.4, -0.2) is 208 Å². The average Bonchev–Trinajstić information content (AvgIpc) is 3.42. The Kier molecular flexibility index (Phi) is 16.0. The number of carbonyl (C=O) groups is 1. The molecule has 3 aliphatic heterocycles. The molecule has 0 aromatic rings. The molecule has 4 aliphatic rings. The summed E-state index contributed by atoms with van der Waals surface area (Å²) in [5.41, 5.74) is 29.3. The van der Waals surface area contributed by atoms with Crippen LogP contribution in [0.15, 0.2) is 0 Å². The summed E-state index contributed by atoms with van der Waals surface area (Å²) < 4.78 is 63.3. The summed E-state index contributed by atoms with van der Waals surface area (Å²) in [5, 5.41) is 88.2. The molecule has 3 heterocycles. The molecule has 22 nitrogen and oxygen atoms in total. The summed E-state index contributed by atoms with van der Waals surface area (Å²) in [4.78, 5) is 12.6. The Hall–Kier alpha value is -1.47. The first kappa shape index (κ1) is 44.2. The van der Waals surface area contributed by atoms with Crippen molar-refractivity contribution in [2.45, 2.75) is 135 Å². The number of ether oxygens (including phenoxy) is 6. The van der Waals surface area contributed by atoms with E-state index < -0.39 is 141 Å². The molecular formula is C29H55F2N7O15. The number of aliphatic hydroxyl groups is 8. The molecule has 53 heavy (non-hydrogen) atoms. The Bertz CT molecular complexity index is 1160. The van der Waals surface area contributed by atoms with Crippen molar-refractivity contribution >= 4 is 5.91 Å². The second-order valence-corrected chi connectivity index (χ2v) is 13.7. The minimum atomic E-state index is -4.02. The summed E-state index contributed by atoms with van der Waals surface area (Å²) in [6.07, 6.45) is -23.3. The highest BCUT2D eigenvalue weighted by Crippen LogP contribution is 2.35. The fourth-order valence-electron chi connectivity index (χ4n) is 6.69. The van der Waals surface area contributed by atoms with E-state index in [2.05, 4.69) is 10.6 Å². The lowest BCUT2D eigenvalue weighted by Crippen LogP contribution is -2.68. The van der Waals surface area contributed by atoms with E-state index in [0.29, 0.717) is 0 Å². The van der Waals surface area contributed by atoms with Crippen LogP contribution in [-0.2, 0) is 33.2 Å². The second kappa shape index (κ2) is 19.1. The van der Waals surface area contributed by atoms with Gasteiger partial charge in [0.1, 0.15) is 54.9 Å². The molecule has 310 valence electrons. The molecular weight excluding hydrogens is 724 g/mol. The number of nitrogens with two attached hydrogens (primary N) is 5. The fraction of sp³-hybridized carbons (Fsp3) is 0.966. The van der Waals surface area contributed by atoms with Gasteiger partial charge < -0.3 is 109 Å². The third-order valence-corrected chi connectivity index (χ3v) is 9.83. The van der Waals surface area contributed by atoms with Gasteiger partial charge in [-0.25, -0.2) is 8.78 Å². The highest BCUT2D eigenvalue weighted by molar-refractivity contribution is 5.82. The van der Waals surface area contributed by atoms with E-state index in [4.69, 9.17) is 62.2 Å². The molecule has 0 bridgehead atoms. The standard InChI is InChI=1S/C29H55F2N7O15/c30-29(31,8-33)24(46)25(47)38-11-3-9(34)21(51-26-10(35)4-12(41)14(49-26)6-37-1-2-39)23(17(11)42)53-28-20(45)22(15(7-40)50-28)52-27-16(36)19(44)18(43)13(5-32)48-27/h9-24,26-28,37,39-46H,1-8,32-36H2,(H,38,47)/t9-,10+,11+,12-,13-,14+,15+,16+,17-,18+,19+,20+,21+,22+,23+,24+,26+,27+,28-/m0/s1. The van der Waals surface area contributed by atoms with Crippen LogP contribution in [0.4, 0.5) is 8.78 Å². The van der Waals surface area contributed by atoms with Gasteiger partial charge in [-0.05, 0) is 12.8 Å². The van der Waals surface area contributed by atoms with Gasteiger partial charge in [-0.1, -0.05) is 0 Å². The Morgan fingerprint density at radius 1 is 0.792 bits per heavy atom. The monoisotopic (exact) mass is 779 g/mol. The molecule has 0 spiro atoms. The first-order valence-electron chi connectivity index (χ1n) is 17.3. The molecule has 24 heteroatoms. The van der Waals surface area contributed by atoms with Crippen LogP contribution in [0.3, 0.4) is 0 Å². The number of aliphatic hydroxyl groups excluding tert-OH is 8. The quantitative estimate of drug-likeness (QED) is 0.0647. The number of amides is 1. The summed E-state index contributed by atoms with van der Waals surface area (Å²) in [7, 11) is 0. The number of rotatable bonds is 16. The predicted octanol–water partition coefficient (Wildman–Crippen LogP) is -9.13. The lowest BCUT2D eigenvalue weighted by atomic mass is 9.83. The van der Waals surface area contributed by atoms with Gasteiger partial charge in [-0.15, -0.1) is 0 Å². The van der Waals surface area contributed by atoms with Crippen molar-refractivity contribution in [1.29, 1.82) is 0 Å². The average molecular weight is 780 g/mol. The molecule has 20 N–H and O–H groups in total. The molecule has 1 aliphatic carbocycles. The zero-order chi connectivity index (χ0) is 39.4. The van der Waals surface area contributed by atoms with Crippen molar-refractivity contribution in [2.24, 2.45) is 28.7 Å². The van der Waals surface area contributed by atoms with Crippen molar-refractivity contribution in [1.82, 2.24) is 10.6 Å². The van der Waals surface area contributed by atoms with E-state index >= 15 is 0 Å². The molecule has 0 radical (unpaired) electrons. The Morgan fingerprint density at radius 3 is 2.04 bits per heavy atom. The molecule has 1 amide bonds. The first-order chi connectivity index (χ1) is 25.0. The highest BCUT2D eigenvalue weighted by Gasteiger charge is 2.55. The third kappa shape index (κ3) is 10.1. The fourth-order valence-corrected chi connectivity index (χ4v) is 6.69. The summed E-state index contributed by atoms with van der Waals surface area (Å²) in [6, 6.07) is -4.95. The van der Waals surface area contributed by atoms with Gasteiger partial charge in [0.2, 0.25) is 0 Å².